The predicted octanol–water partition coefficient (Wildman–Crippen LogP) is 3.97. The van der Waals surface area contributed by atoms with E-state index >= 15 is 0 Å². The maximum absolute atomic E-state index is 13.1. The van der Waals surface area contributed by atoms with E-state index in [0.717, 1.165) is 43.6 Å². The third-order valence-corrected chi connectivity index (χ3v) is 10.6. The number of sulfonamides is 1. The van der Waals surface area contributed by atoms with Crippen LogP contribution in [0.3, 0.4) is 0 Å². The Bertz CT molecular complexity index is 1590. The molecule has 10 nitrogen and oxygen atoms in total. The number of esters is 1. The average molecular weight is 620 g/mol. The van der Waals surface area contributed by atoms with Gasteiger partial charge in [0.2, 0.25) is 10.0 Å². The Labute approximate surface area is 257 Å². The first-order chi connectivity index (χ1) is 21.3. The van der Waals surface area contributed by atoms with Crippen molar-refractivity contribution in [2.45, 2.75) is 36.5 Å². The lowest BCUT2D eigenvalue weighted by molar-refractivity contribution is -0.149. The third kappa shape index (κ3) is 6.59. The van der Waals surface area contributed by atoms with Gasteiger partial charge in [0, 0.05) is 19.6 Å². The molecular formula is C33H37N3O7S. The van der Waals surface area contributed by atoms with Gasteiger partial charge in [-0.1, -0.05) is 54.6 Å². The number of hydrogen-bond acceptors (Lipinski definition) is 8. The molecule has 2 unspecified atom stereocenters. The predicted molar refractivity (Wildman–Crippen MR) is 162 cm³/mol. The van der Waals surface area contributed by atoms with E-state index in [4.69, 9.17) is 14.2 Å². The summed E-state index contributed by atoms with van der Waals surface area (Å²) in [5.41, 5.74) is 2.42. The summed E-state index contributed by atoms with van der Waals surface area (Å²) >= 11 is 0. The van der Waals surface area contributed by atoms with Crippen LogP contribution in [-0.4, -0.2) is 75.6 Å². The van der Waals surface area contributed by atoms with Crippen molar-refractivity contribution in [2.24, 2.45) is 11.8 Å². The lowest BCUT2D eigenvalue weighted by Gasteiger charge is -2.43. The molecule has 4 aliphatic heterocycles. The second kappa shape index (κ2) is 13.0. The minimum Gasteiger partial charge on any atom is -0.489 e. The van der Waals surface area contributed by atoms with Crippen LogP contribution in [0.25, 0.3) is 0 Å². The van der Waals surface area contributed by atoms with E-state index in [1.807, 2.05) is 54.6 Å². The molecule has 0 aromatic heterocycles. The van der Waals surface area contributed by atoms with Crippen molar-refractivity contribution in [3.63, 3.8) is 0 Å². The molecule has 0 saturated carbocycles. The molecule has 3 aromatic rings. The van der Waals surface area contributed by atoms with E-state index in [1.54, 1.807) is 18.2 Å². The van der Waals surface area contributed by atoms with Crippen molar-refractivity contribution in [3.05, 3.63) is 95.6 Å². The molecule has 4 saturated heterocycles. The largest absolute Gasteiger partial charge is 0.489 e. The molecule has 1 amide bonds. The van der Waals surface area contributed by atoms with Gasteiger partial charge in [-0.25, -0.2) is 13.2 Å². The summed E-state index contributed by atoms with van der Waals surface area (Å²) in [7, 11) is -2.44. The normalized spacial score (nSPS) is 22.4. The van der Waals surface area contributed by atoms with Crippen molar-refractivity contribution < 1.29 is 32.2 Å². The summed E-state index contributed by atoms with van der Waals surface area (Å²) in [6.45, 7) is 3.27. The van der Waals surface area contributed by atoms with Crippen LogP contribution in [0.1, 0.15) is 35.6 Å². The first kappa shape index (κ1) is 30.1. The summed E-state index contributed by atoms with van der Waals surface area (Å²) in [5, 5.41) is 3.08. The van der Waals surface area contributed by atoms with Crippen molar-refractivity contribution in [1.82, 2.24) is 14.5 Å². The lowest BCUT2D eigenvalue weighted by Crippen LogP contribution is -2.53. The van der Waals surface area contributed by atoms with Gasteiger partial charge in [-0.3, -0.25) is 9.69 Å². The first-order valence-electron chi connectivity index (χ1n) is 14.9. The standard InChI is InChI=1S/C33H37N3O7S/c1-41-32(37)27-19-36(20-27)44(39,40)29-12-5-7-23(17-29)22-42-28-11-6-10-26(18-28)31(25-8-3-2-4-9-25)34-33(38)43-30-21-35-15-13-24(30)14-16-35/h2-12,17-18,24,27,30-31H,13-16,19-22H2,1H3,(H,34,38). The highest BCUT2D eigenvalue weighted by atomic mass is 32.2. The van der Waals surface area contributed by atoms with E-state index in [0.29, 0.717) is 17.2 Å². The molecule has 4 fully saturated rings. The number of fused-ring (bicyclic) bond motifs is 3. The van der Waals surface area contributed by atoms with Crippen LogP contribution >= 0.6 is 0 Å². The summed E-state index contributed by atoms with van der Waals surface area (Å²) < 4.78 is 44.2. The average Bonchev–Trinajstić information content (AvgIpc) is 3.03. The van der Waals surface area contributed by atoms with Gasteiger partial charge in [-0.05, 0) is 72.8 Å². The Morgan fingerprint density at radius 2 is 1.64 bits per heavy atom. The number of methoxy groups -OCH3 is 1. The zero-order valence-electron chi connectivity index (χ0n) is 24.6. The van der Waals surface area contributed by atoms with Gasteiger partial charge in [0.1, 0.15) is 18.5 Å². The molecule has 44 heavy (non-hydrogen) atoms. The van der Waals surface area contributed by atoms with Gasteiger partial charge < -0.3 is 19.5 Å². The van der Waals surface area contributed by atoms with Gasteiger partial charge in [0.15, 0.2) is 0 Å². The summed E-state index contributed by atoms with van der Waals surface area (Å²) in [6, 6.07) is 23.4. The summed E-state index contributed by atoms with van der Waals surface area (Å²) in [6.07, 6.45) is 1.57. The van der Waals surface area contributed by atoms with E-state index in [2.05, 4.69) is 10.2 Å². The number of amides is 1. The Morgan fingerprint density at radius 1 is 0.909 bits per heavy atom. The van der Waals surface area contributed by atoms with E-state index in [1.165, 1.54) is 17.5 Å². The molecule has 2 atom stereocenters. The third-order valence-electron chi connectivity index (χ3n) is 8.77. The minimum atomic E-state index is -3.74. The van der Waals surface area contributed by atoms with Crippen molar-refractivity contribution in [2.75, 3.05) is 39.8 Å². The van der Waals surface area contributed by atoms with Gasteiger partial charge in [-0.2, -0.15) is 4.31 Å². The molecule has 0 spiro atoms. The number of piperidine rings is 3. The molecule has 4 aliphatic rings. The Hall–Kier alpha value is -3.93. The van der Waals surface area contributed by atoms with Crippen LogP contribution in [0.15, 0.2) is 83.8 Å². The number of nitrogens with zero attached hydrogens (tertiary/aromatic N) is 2. The van der Waals surface area contributed by atoms with Crippen molar-refractivity contribution in [1.29, 1.82) is 0 Å². The molecule has 232 valence electrons. The monoisotopic (exact) mass is 619 g/mol. The zero-order valence-corrected chi connectivity index (χ0v) is 25.4. The Kier molecular flexibility index (Phi) is 8.88. The van der Waals surface area contributed by atoms with E-state index in [-0.39, 0.29) is 30.7 Å². The number of rotatable bonds is 10. The highest BCUT2D eigenvalue weighted by Crippen LogP contribution is 2.31. The van der Waals surface area contributed by atoms with Crippen molar-refractivity contribution in [3.8, 4) is 5.75 Å². The molecule has 3 aromatic carbocycles. The Morgan fingerprint density at radius 3 is 2.34 bits per heavy atom. The lowest BCUT2D eigenvalue weighted by atomic mass is 9.86. The Balaban J connectivity index is 1.13. The fourth-order valence-corrected chi connectivity index (χ4v) is 7.79. The topological polar surface area (TPSA) is 114 Å². The second-order valence-corrected chi connectivity index (χ2v) is 13.6. The zero-order chi connectivity index (χ0) is 30.7. The first-order valence-corrected chi connectivity index (χ1v) is 16.4. The molecule has 4 heterocycles. The fraction of sp³-hybridized carbons (Fsp3) is 0.394. The smallest absolute Gasteiger partial charge is 0.408 e. The van der Waals surface area contributed by atoms with Crippen LogP contribution in [0.5, 0.6) is 5.75 Å². The van der Waals surface area contributed by atoms with E-state index < -0.39 is 34.0 Å². The van der Waals surface area contributed by atoms with Crippen LogP contribution in [0.4, 0.5) is 4.79 Å². The van der Waals surface area contributed by atoms with Crippen LogP contribution in [0.2, 0.25) is 0 Å². The molecular weight excluding hydrogens is 582 g/mol. The van der Waals surface area contributed by atoms with Crippen LogP contribution in [0, 0.1) is 11.8 Å². The second-order valence-electron chi connectivity index (χ2n) is 11.6. The molecule has 2 bridgehead atoms. The number of nitrogens with one attached hydrogen (secondary N) is 1. The quantitative estimate of drug-likeness (QED) is 0.339. The van der Waals surface area contributed by atoms with Gasteiger partial charge in [0.25, 0.3) is 0 Å². The highest BCUT2D eigenvalue weighted by Gasteiger charge is 2.41. The van der Waals surface area contributed by atoms with Crippen LogP contribution < -0.4 is 10.1 Å². The molecule has 0 aliphatic carbocycles. The molecule has 1 N–H and O–H groups in total. The highest BCUT2D eigenvalue weighted by molar-refractivity contribution is 7.89. The number of benzene rings is 3. The number of ether oxygens (including phenoxy) is 3. The molecule has 7 rings (SSSR count). The number of carbonyl (C=O) groups is 2. The summed E-state index contributed by atoms with van der Waals surface area (Å²) in [5.74, 6) is 0.142. The SMILES string of the molecule is COC(=O)C1CN(S(=O)(=O)c2cccc(COc3cccc(C(NC(=O)OC4CN5CCC4CC5)c4ccccc4)c3)c2)C1. The fourth-order valence-electron chi connectivity index (χ4n) is 6.18. The molecule has 0 radical (unpaired) electrons. The maximum atomic E-state index is 13.1. The minimum absolute atomic E-state index is 0.0986. The number of hydrogen-bond donors (Lipinski definition) is 1. The van der Waals surface area contributed by atoms with E-state index in [9.17, 15) is 18.0 Å². The number of alkyl carbamates (subject to hydrolysis) is 1. The van der Waals surface area contributed by atoms with Gasteiger partial charge >= 0.3 is 12.1 Å². The van der Waals surface area contributed by atoms with Crippen molar-refractivity contribution >= 4 is 22.1 Å². The van der Waals surface area contributed by atoms with Crippen LogP contribution in [-0.2, 0) is 30.9 Å². The molecule has 11 heteroatoms. The maximum Gasteiger partial charge on any atom is 0.408 e. The number of carbonyl (C=O) groups excluding carboxylic acids is 2. The van der Waals surface area contributed by atoms with Gasteiger partial charge in [0.05, 0.1) is 24.0 Å². The summed E-state index contributed by atoms with van der Waals surface area (Å²) in [4.78, 5) is 27.3. The van der Waals surface area contributed by atoms with Gasteiger partial charge in [-0.15, -0.1) is 0 Å².